The number of rotatable bonds is 3. The molecule has 2 aromatic carbocycles. The number of fused-ring (bicyclic) bond motifs is 3. The summed E-state index contributed by atoms with van der Waals surface area (Å²) in [5.41, 5.74) is 5.07. The molecule has 0 N–H and O–H groups in total. The minimum Gasteiger partial charge on any atom is -0.493 e. The molecule has 0 spiro atoms. The molecule has 0 amide bonds. The molecule has 0 fully saturated rings. The van der Waals surface area contributed by atoms with Gasteiger partial charge in [-0.1, -0.05) is 18.2 Å². The number of nitrogens with zero attached hydrogens (tertiary/aromatic N) is 1. The Bertz CT molecular complexity index is 1030. The second-order valence-electron chi connectivity index (χ2n) is 8.76. The van der Waals surface area contributed by atoms with E-state index in [-0.39, 0.29) is 23.5 Å². The number of aliphatic imine (C=N–C) groups is 1. The molecule has 0 unspecified atom stereocenters. The van der Waals surface area contributed by atoms with Crippen LogP contribution < -0.4 is 9.47 Å². The molecule has 0 atom stereocenters. The number of benzene rings is 2. The smallest absolute Gasteiger partial charge is 0.252 e. The Morgan fingerprint density at radius 2 is 1.90 bits per heavy atom. The molecule has 4 nitrogen and oxygen atoms in total. The molecule has 29 heavy (non-hydrogen) atoms. The SMILES string of the molecule is COc1cc2c(c3c1OC(C)(C)C3)C(c1cccc(C(=O)Cl)c1)=NC(C)(C)C2.Cl. The van der Waals surface area contributed by atoms with Crippen molar-refractivity contribution in [3.63, 3.8) is 0 Å². The maximum absolute atomic E-state index is 11.7. The largest absolute Gasteiger partial charge is 0.493 e. The van der Waals surface area contributed by atoms with Crippen molar-refractivity contribution in [2.75, 3.05) is 7.11 Å². The van der Waals surface area contributed by atoms with E-state index in [9.17, 15) is 4.79 Å². The standard InChI is InChI=1S/C23H24ClNO3.ClH/c1-22(2)11-15-10-17(27-5)20-16(12-23(3,4)28-20)18(15)19(25-22)13-7-6-8-14(9-13)21(24)26;/h6-10H,11-12H2,1-5H3;1H. The van der Waals surface area contributed by atoms with Gasteiger partial charge in [0, 0.05) is 28.7 Å². The fourth-order valence-electron chi connectivity index (χ4n) is 4.22. The van der Waals surface area contributed by atoms with E-state index in [0.29, 0.717) is 5.56 Å². The van der Waals surface area contributed by atoms with E-state index in [1.54, 1.807) is 13.2 Å². The predicted octanol–water partition coefficient (Wildman–Crippen LogP) is 5.38. The van der Waals surface area contributed by atoms with E-state index >= 15 is 0 Å². The highest BCUT2D eigenvalue weighted by molar-refractivity contribution is 6.67. The van der Waals surface area contributed by atoms with Crippen LogP contribution in [0.5, 0.6) is 11.5 Å². The predicted molar refractivity (Wildman–Crippen MR) is 119 cm³/mol. The Kier molecular flexibility index (Phi) is 5.48. The average Bonchev–Trinajstić information content (AvgIpc) is 2.94. The van der Waals surface area contributed by atoms with Gasteiger partial charge in [-0.05, 0) is 63.4 Å². The monoisotopic (exact) mass is 433 g/mol. The van der Waals surface area contributed by atoms with Gasteiger partial charge in [-0.3, -0.25) is 9.79 Å². The molecule has 0 aromatic heterocycles. The van der Waals surface area contributed by atoms with E-state index in [4.69, 9.17) is 26.1 Å². The Hall–Kier alpha value is -2.04. The highest BCUT2D eigenvalue weighted by Gasteiger charge is 2.39. The highest BCUT2D eigenvalue weighted by atomic mass is 35.5. The summed E-state index contributed by atoms with van der Waals surface area (Å²) >= 11 is 5.73. The second-order valence-corrected chi connectivity index (χ2v) is 9.11. The zero-order chi connectivity index (χ0) is 20.3. The lowest BCUT2D eigenvalue weighted by molar-refractivity contribution is 0.108. The summed E-state index contributed by atoms with van der Waals surface area (Å²) in [5.74, 6) is 1.56. The maximum Gasteiger partial charge on any atom is 0.252 e. The molecule has 154 valence electrons. The highest BCUT2D eigenvalue weighted by Crippen LogP contribution is 2.47. The number of carbonyl (C=O) groups is 1. The van der Waals surface area contributed by atoms with E-state index in [1.165, 1.54) is 5.56 Å². The third-order valence-electron chi connectivity index (χ3n) is 5.26. The number of hydrogen-bond donors (Lipinski definition) is 0. The van der Waals surface area contributed by atoms with Crippen LogP contribution in [-0.2, 0) is 12.8 Å². The van der Waals surface area contributed by atoms with Crippen LogP contribution in [-0.4, -0.2) is 29.2 Å². The van der Waals surface area contributed by atoms with Crippen LogP contribution >= 0.6 is 24.0 Å². The van der Waals surface area contributed by atoms with Gasteiger partial charge in [0.15, 0.2) is 11.5 Å². The zero-order valence-electron chi connectivity index (χ0n) is 17.3. The Morgan fingerprint density at radius 1 is 1.17 bits per heavy atom. The zero-order valence-corrected chi connectivity index (χ0v) is 18.8. The van der Waals surface area contributed by atoms with E-state index < -0.39 is 5.24 Å². The molecule has 6 heteroatoms. The number of methoxy groups -OCH3 is 1. The van der Waals surface area contributed by atoms with E-state index in [2.05, 4.69) is 33.8 Å². The molecule has 0 saturated carbocycles. The van der Waals surface area contributed by atoms with Crippen LogP contribution in [0.2, 0.25) is 0 Å². The van der Waals surface area contributed by atoms with Crippen molar-refractivity contribution >= 4 is 35.0 Å². The van der Waals surface area contributed by atoms with Crippen LogP contribution in [0.3, 0.4) is 0 Å². The van der Waals surface area contributed by atoms with Crippen LogP contribution in [0, 0.1) is 0 Å². The van der Waals surface area contributed by atoms with E-state index in [1.807, 2.05) is 18.2 Å². The maximum atomic E-state index is 11.7. The fourth-order valence-corrected chi connectivity index (χ4v) is 4.34. The second kappa shape index (κ2) is 7.33. The molecule has 0 bridgehead atoms. The normalized spacial score (nSPS) is 17.9. The number of hydrogen-bond acceptors (Lipinski definition) is 4. The number of halogens is 2. The molecular formula is C23H25Cl2NO3. The summed E-state index contributed by atoms with van der Waals surface area (Å²) in [4.78, 5) is 16.8. The minimum atomic E-state index is -0.470. The Balaban J connectivity index is 0.00000240. The van der Waals surface area contributed by atoms with Crippen molar-refractivity contribution in [3.05, 3.63) is 58.1 Å². The first-order valence-corrected chi connectivity index (χ1v) is 9.80. The van der Waals surface area contributed by atoms with Crippen molar-refractivity contribution in [2.24, 2.45) is 4.99 Å². The lowest BCUT2D eigenvalue weighted by Crippen LogP contribution is -2.30. The molecule has 2 heterocycles. The van der Waals surface area contributed by atoms with Crippen molar-refractivity contribution in [3.8, 4) is 11.5 Å². The first-order chi connectivity index (χ1) is 13.1. The molecule has 0 aliphatic carbocycles. The van der Waals surface area contributed by atoms with Crippen molar-refractivity contribution in [1.82, 2.24) is 0 Å². The van der Waals surface area contributed by atoms with Gasteiger partial charge < -0.3 is 9.47 Å². The first-order valence-electron chi connectivity index (χ1n) is 9.42. The lowest BCUT2D eigenvalue weighted by atomic mass is 9.81. The number of ether oxygens (including phenoxy) is 2. The summed E-state index contributed by atoms with van der Waals surface area (Å²) in [7, 11) is 1.68. The van der Waals surface area contributed by atoms with Crippen molar-refractivity contribution in [1.29, 1.82) is 0 Å². The fraction of sp³-hybridized carbons (Fsp3) is 0.391. The topological polar surface area (TPSA) is 47.9 Å². The van der Waals surface area contributed by atoms with Crippen LogP contribution in [0.15, 0.2) is 35.3 Å². The van der Waals surface area contributed by atoms with Gasteiger partial charge in [-0.25, -0.2) is 0 Å². The summed E-state index contributed by atoms with van der Waals surface area (Å²) in [6.45, 7) is 8.39. The van der Waals surface area contributed by atoms with Gasteiger partial charge in [0.05, 0.1) is 18.4 Å². The molecule has 0 saturated heterocycles. The van der Waals surface area contributed by atoms with Crippen molar-refractivity contribution in [2.45, 2.75) is 51.7 Å². The van der Waals surface area contributed by atoms with Crippen LogP contribution in [0.4, 0.5) is 0 Å². The average molecular weight is 434 g/mol. The lowest BCUT2D eigenvalue weighted by Gasteiger charge is -2.31. The molecular weight excluding hydrogens is 409 g/mol. The van der Waals surface area contributed by atoms with Gasteiger partial charge in [-0.15, -0.1) is 12.4 Å². The number of carbonyl (C=O) groups excluding carboxylic acids is 1. The summed E-state index contributed by atoms with van der Waals surface area (Å²) < 4.78 is 11.9. The van der Waals surface area contributed by atoms with Crippen LogP contribution in [0.1, 0.15) is 60.3 Å². The van der Waals surface area contributed by atoms with Gasteiger partial charge in [0.2, 0.25) is 0 Å². The van der Waals surface area contributed by atoms with Crippen molar-refractivity contribution < 1.29 is 14.3 Å². The minimum absolute atomic E-state index is 0. The van der Waals surface area contributed by atoms with E-state index in [0.717, 1.165) is 46.7 Å². The Labute approximate surface area is 182 Å². The molecule has 2 aromatic rings. The third-order valence-corrected chi connectivity index (χ3v) is 5.48. The third kappa shape index (κ3) is 3.88. The Morgan fingerprint density at radius 3 is 2.55 bits per heavy atom. The van der Waals surface area contributed by atoms with Crippen LogP contribution in [0.25, 0.3) is 0 Å². The molecule has 2 aliphatic rings. The molecule has 2 aliphatic heterocycles. The summed E-state index contributed by atoms with van der Waals surface area (Å²) in [6.07, 6.45) is 1.58. The summed E-state index contributed by atoms with van der Waals surface area (Å²) in [5, 5.41) is -0.470. The summed E-state index contributed by atoms with van der Waals surface area (Å²) in [6, 6.07) is 9.43. The van der Waals surface area contributed by atoms with Gasteiger partial charge >= 0.3 is 0 Å². The van der Waals surface area contributed by atoms with Gasteiger partial charge in [-0.2, -0.15) is 0 Å². The quantitative estimate of drug-likeness (QED) is 0.610. The van der Waals surface area contributed by atoms with Gasteiger partial charge in [0.25, 0.3) is 5.24 Å². The molecule has 0 radical (unpaired) electrons. The first kappa shape index (κ1) is 21.7. The molecule has 4 rings (SSSR count). The van der Waals surface area contributed by atoms with Gasteiger partial charge in [0.1, 0.15) is 5.60 Å².